The summed E-state index contributed by atoms with van der Waals surface area (Å²) in [7, 11) is 0. The van der Waals surface area contributed by atoms with Gasteiger partial charge in [-0.25, -0.2) is 18.6 Å². The molecule has 0 aliphatic carbocycles. The van der Waals surface area contributed by atoms with E-state index in [1.807, 2.05) is 0 Å². The van der Waals surface area contributed by atoms with E-state index < -0.39 is 17.6 Å². The molecule has 0 atom stereocenters. The van der Waals surface area contributed by atoms with Gasteiger partial charge in [0.1, 0.15) is 5.65 Å². The third kappa shape index (κ3) is 2.29. The molecule has 2 N–H and O–H groups in total. The average Bonchev–Trinajstić information content (AvgIpc) is 2.80. The second-order valence-corrected chi connectivity index (χ2v) is 4.30. The van der Waals surface area contributed by atoms with Crippen molar-refractivity contribution < 1.29 is 18.7 Å². The minimum atomic E-state index is -1.18. The van der Waals surface area contributed by atoms with Crippen molar-refractivity contribution in [3.05, 3.63) is 59.9 Å². The summed E-state index contributed by atoms with van der Waals surface area (Å²) in [5.41, 5.74) is 0.551. The van der Waals surface area contributed by atoms with Gasteiger partial charge >= 0.3 is 5.97 Å². The molecule has 3 aromatic rings. The van der Waals surface area contributed by atoms with Crippen LogP contribution in [0.4, 0.5) is 20.3 Å². The van der Waals surface area contributed by atoms with Crippen LogP contribution >= 0.6 is 0 Å². The molecule has 3 rings (SSSR count). The van der Waals surface area contributed by atoms with Crippen molar-refractivity contribution in [3.8, 4) is 0 Å². The Morgan fingerprint density at radius 2 is 2.00 bits per heavy atom. The lowest BCUT2D eigenvalue weighted by molar-refractivity contribution is 0.0690. The van der Waals surface area contributed by atoms with Crippen molar-refractivity contribution in [2.75, 3.05) is 5.32 Å². The zero-order valence-electron chi connectivity index (χ0n) is 10.5. The molecular formula is C14H9F2N3O2. The molecule has 106 valence electrons. The Morgan fingerprint density at radius 1 is 1.19 bits per heavy atom. The van der Waals surface area contributed by atoms with Gasteiger partial charge < -0.3 is 10.4 Å². The van der Waals surface area contributed by atoms with Crippen LogP contribution < -0.4 is 5.32 Å². The number of aromatic carboxylic acids is 1. The molecule has 1 aromatic carbocycles. The summed E-state index contributed by atoms with van der Waals surface area (Å²) in [5, 5.41) is 12.0. The van der Waals surface area contributed by atoms with Gasteiger partial charge in [0.25, 0.3) is 0 Å². The molecule has 0 bridgehead atoms. The van der Waals surface area contributed by atoms with E-state index in [0.717, 1.165) is 12.1 Å². The molecule has 0 saturated heterocycles. The van der Waals surface area contributed by atoms with E-state index in [1.165, 1.54) is 10.5 Å². The lowest BCUT2D eigenvalue weighted by atomic mass is 10.3. The first kappa shape index (κ1) is 13.0. The first-order chi connectivity index (χ1) is 10.1. The number of benzene rings is 1. The second-order valence-electron chi connectivity index (χ2n) is 4.30. The van der Waals surface area contributed by atoms with Crippen molar-refractivity contribution in [1.29, 1.82) is 0 Å². The molecule has 7 heteroatoms. The second kappa shape index (κ2) is 4.86. The SMILES string of the molecule is O=C(O)c1c(Nc2ccc(F)c(F)c2)nc2ccccn12. The molecule has 2 aromatic heterocycles. The van der Waals surface area contributed by atoms with Crippen LogP contribution in [0.1, 0.15) is 10.5 Å². The van der Waals surface area contributed by atoms with E-state index in [1.54, 1.807) is 24.4 Å². The van der Waals surface area contributed by atoms with Crippen LogP contribution in [0.2, 0.25) is 0 Å². The van der Waals surface area contributed by atoms with Crippen molar-refractivity contribution in [2.24, 2.45) is 0 Å². The van der Waals surface area contributed by atoms with Gasteiger partial charge in [-0.3, -0.25) is 4.40 Å². The maximum absolute atomic E-state index is 13.2. The third-order valence-electron chi connectivity index (χ3n) is 2.91. The highest BCUT2D eigenvalue weighted by atomic mass is 19.2. The normalized spacial score (nSPS) is 10.8. The summed E-state index contributed by atoms with van der Waals surface area (Å²) in [4.78, 5) is 15.5. The highest BCUT2D eigenvalue weighted by Crippen LogP contribution is 2.23. The quantitative estimate of drug-likeness (QED) is 0.777. The van der Waals surface area contributed by atoms with Gasteiger partial charge in [0.05, 0.1) is 0 Å². The van der Waals surface area contributed by atoms with Crippen LogP contribution in [0.15, 0.2) is 42.6 Å². The number of nitrogens with zero attached hydrogens (tertiary/aromatic N) is 2. The van der Waals surface area contributed by atoms with Gasteiger partial charge in [-0.2, -0.15) is 0 Å². The first-order valence-corrected chi connectivity index (χ1v) is 5.99. The van der Waals surface area contributed by atoms with Crippen LogP contribution in [0.5, 0.6) is 0 Å². The fourth-order valence-electron chi connectivity index (χ4n) is 2.00. The van der Waals surface area contributed by atoms with E-state index in [0.29, 0.717) is 5.65 Å². The van der Waals surface area contributed by atoms with Crippen LogP contribution in [-0.2, 0) is 0 Å². The van der Waals surface area contributed by atoms with E-state index in [-0.39, 0.29) is 17.2 Å². The average molecular weight is 289 g/mol. The largest absolute Gasteiger partial charge is 0.476 e. The number of hydrogen-bond acceptors (Lipinski definition) is 3. The Labute approximate surface area is 117 Å². The molecule has 5 nitrogen and oxygen atoms in total. The summed E-state index contributed by atoms with van der Waals surface area (Å²) in [5.74, 6) is -3.13. The maximum atomic E-state index is 13.2. The Bertz CT molecular complexity index is 845. The van der Waals surface area contributed by atoms with Crippen molar-refractivity contribution in [3.63, 3.8) is 0 Å². The Morgan fingerprint density at radius 3 is 2.71 bits per heavy atom. The molecule has 0 amide bonds. The number of pyridine rings is 1. The number of anilines is 2. The van der Waals surface area contributed by atoms with Crippen LogP contribution in [-0.4, -0.2) is 20.5 Å². The number of nitrogens with one attached hydrogen (secondary N) is 1. The van der Waals surface area contributed by atoms with Crippen LogP contribution in [0.3, 0.4) is 0 Å². The maximum Gasteiger partial charge on any atom is 0.356 e. The molecule has 0 unspecified atom stereocenters. The predicted molar refractivity (Wildman–Crippen MR) is 71.8 cm³/mol. The number of halogens is 2. The lowest BCUT2D eigenvalue weighted by Crippen LogP contribution is -2.05. The van der Waals surface area contributed by atoms with Crippen molar-refractivity contribution in [2.45, 2.75) is 0 Å². The molecule has 0 spiro atoms. The van der Waals surface area contributed by atoms with Gasteiger partial charge in [0.15, 0.2) is 23.1 Å². The Balaban J connectivity index is 2.09. The lowest BCUT2D eigenvalue weighted by Gasteiger charge is -2.05. The molecule has 0 fully saturated rings. The number of hydrogen-bond donors (Lipinski definition) is 2. The zero-order valence-corrected chi connectivity index (χ0v) is 10.5. The van der Waals surface area contributed by atoms with E-state index in [9.17, 15) is 18.7 Å². The number of carboxylic acid groups (broad SMARTS) is 1. The highest BCUT2D eigenvalue weighted by Gasteiger charge is 2.18. The van der Waals surface area contributed by atoms with Crippen molar-refractivity contribution in [1.82, 2.24) is 9.38 Å². The fourth-order valence-corrected chi connectivity index (χ4v) is 2.00. The minimum Gasteiger partial charge on any atom is -0.476 e. The fraction of sp³-hybridized carbons (Fsp3) is 0. The van der Waals surface area contributed by atoms with Gasteiger partial charge in [-0.1, -0.05) is 6.07 Å². The monoisotopic (exact) mass is 289 g/mol. The number of aromatic nitrogens is 2. The van der Waals surface area contributed by atoms with Gasteiger partial charge in [-0.15, -0.1) is 0 Å². The number of rotatable bonds is 3. The van der Waals surface area contributed by atoms with Crippen LogP contribution in [0.25, 0.3) is 5.65 Å². The Hall–Kier alpha value is -2.96. The third-order valence-corrected chi connectivity index (χ3v) is 2.91. The van der Waals surface area contributed by atoms with E-state index in [2.05, 4.69) is 10.3 Å². The summed E-state index contributed by atoms with van der Waals surface area (Å²) >= 11 is 0. The standard InChI is InChI=1S/C14H9F2N3O2/c15-9-5-4-8(7-10(9)16)17-13-12(14(20)21)19-6-2-1-3-11(19)18-13/h1-7,17H,(H,20,21). The van der Waals surface area contributed by atoms with E-state index in [4.69, 9.17) is 0 Å². The molecule has 0 saturated carbocycles. The van der Waals surface area contributed by atoms with Crippen LogP contribution in [0, 0.1) is 11.6 Å². The molecule has 0 aliphatic rings. The molecule has 0 aliphatic heterocycles. The topological polar surface area (TPSA) is 66.6 Å². The Kier molecular flexibility index (Phi) is 3.02. The number of fused-ring (bicyclic) bond motifs is 1. The van der Waals surface area contributed by atoms with Crippen molar-refractivity contribution >= 4 is 23.1 Å². The summed E-state index contributed by atoms with van der Waals surface area (Å²) in [6.07, 6.45) is 1.56. The predicted octanol–water partition coefficient (Wildman–Crippen LogP) is 3.05. The van der Waals surface area contributed by atoms with Gasteiger partial charge in [-0.05, 0) is 24.3 Å². The summed E-state index contributed by atoms with van der Waals surface area (Å²) in [6, 6.07) is 8.22. The van der Waals surface area contributed by atoms with Gasteiger partial charge in [0, 0.05) is 18.0 Å². The van der Waals surface area contributed by atoms with Gasteiger partial charge in [0.2, 0.25) is 0 Å². The first-order valence-electron chi connectivity index (χ1n) is 5.99. The highest BCUT2D eigenvalue weighted by molar-refractivity contribution is 5.93. The molecular weight excluding hydrogens is 280 g/mol. The smallest absolute Gasteiger partial charge is 0.356 e. The summed E-state index contributed by atoms with van der Waals surface area (Å²) in [6.45, 7) is 0. The number of carboxylic acids is 1. The zero-order chi connectivity index (χ0) is 15.0. The van der Waals surface area contributed by atoms with E-state index >= 15 is 0 Å². The minimum absolute atomic E-state index is 0.0553. The number of imidazole rings is 1. The molecule has 2 heterocycles. The molecule has 21 heavy (non-hydrogen) atoms. The summed E-state index contributed by atoms with van der Waals surface area (Å²) < 4.78 is 27.5. The molecule has 0 radical (unpaired) electrons. The number of carbonyl (C=O) groups is 1.